The van der Waals surface area contributed by atoms with Crippen molar-refractivity contribution in [3.8, 4) is 5.75 Å². The Labute approximate surface area is 113 Å². The molecule has 2 unspecified atom stereocenters. The fourth-order valence-electron chi connectivity index (χ4n) is 1.70. The van der Waals surface area contributed by atoms with Crippen LogP contribution >= 0.6 is 0 Å². The minimum Gasteiger partial charge on any atom is -0.480 e. The van der Waals surface area contributed by atoms with Crippen molar-refractivity contribution in [2.75, 3.05) is 13.2 Å². The van der Waals surface area contributed by atoms with E-state index in [4.69, 9.17) is 9.84 Å². The highest BCUT2D eigenvalue weighted by atomic mass is 16.5. The van der Waals surface area contributed by atoms with Gasteiger partial charge in [-0.2, -0.15) is 5.10 Å². The predicted octanol–water partition coefficient (Wildman–Crippen LogP) is 0.549. The van der Waals surface area contributed by atoms with Crippen molar-refractivity contribution in [1.29, 1.82) is 0 Å². The lowest BCUT2D eigenvalue weighted by atomic mass is 10.1. The molecule has 0 spiro atoms. The minimum absolute atomic E-state index is 0.0193. The molecule has 1 rings (SSSR count). The van der Waals surface area contributed by atoms with Crippen molar-refractivity contribution in [1.82, 2.24) is 15.1 Å². The Morgan fingerprint density at radius 3 is 2.58 bits per heavy atom. The van der Waals surface area contributed by atoms with E-state index in [1.54, 1.807) is 4.68 Å². The summed E-state index contributed by atoms with van der Waals surface area (Å²) in [5.41, 5.74) is 1.66. The zero-order valence-corrected chi connectivity index (χ0v) is 12.2. The summed E-state index contributed by atoms with van der Waals surface area (Å²) in [6.07, 6.45) is 0. The Kier molecular flexibility index (Phi) is 5.35. The van der Waals surface area contributed by atoms with Crippen molar-refractivity contribution in [3.05, 3.63) is 11.4 Å². The number of amides is 1. The Balaban J connectivity index is 2.51. The molecule has 0 saturated carbocycles. The third-order valence-electron chi connectivity index (χ3n) is 3.32. The van der Waals surface area contributed by atoms with Gasteiger partial charge in [0.2, 0.25) is 0 Å². The number of ether oxygens (including phenoxy) is 1. The molecule has 1 amide bonds. The lowest BCUT2D eigenvalue weighted by Crippen LogP contribution is -2.40. The minimum atomic E-state index is -0.199. The molecule has 1 aromatic rings. The van der Waals surface area contributed by atoms with Gasteiger partial charge < -0.3 is 15.2 Å². The largest absolute Gasteiger partial charge is 0.480 e. The van der Waals surface area contributed by atoms with Gasteiger partial charge in [0, 0.05) is 19.7 Å². The zero-order chi connectivity index (χ0) is 14.6. The van der Waals surface area contributed by atoms with Crippen molar-refractivity contribution >= 4 is 5.91 Å². The van der Waals surface area contributed by atoms with Gasteiger partial charge in [-0.25, -0.2) is 0 Å². The van der Waals surface area contributed by atoms with Crippen LogP contribution in [-0.4, -0.2) is 40.0 Å². The number of aliphatic hydroxyl groups excluding tert-OH is 1. The summed E-state index contributed by atoms with van der Waals surface area (Å²) in [6, 6.07) is -0.0859. The van der Waals surface area contributed by atoms with Gasteiger partial charge in [0.25, 0.3) is 5.91 Å². The van der Waals surface area contributed by atoms with Gasteiger partial charge in [0.1, 0.15) is 5.69 Å². The van der Waals surface area contributed by atoms with Gasteiger partial charge in [-0.3, -0.25) is 9.48 Å². The highest BCUT2D eigenvalue weighted by Crippen LogP contribution is 2.20. The van der Waals surface area contributed by atoms with Gasteiger partial charge in [-0.1, -0.05) is 6.92 Å². The Bertz CT molecular complexity index is 443. The molecule has 0 aliphatic heterocycles. The number of nitrogens with one attached hydrogen (secondary N) is 1. The van der Waals surface area contributed by atoms with Crippen LogP contribution in [0.2, 0.25) is 0 Å². The third kappa shape index (κ3) is 3.96. The predicted molar refractivity (Wildman–Crippen MR) is 72.0 cm³/mol. The number of rotatable bonds is 6. The van der Waals surface area contributed by atoms with Crippen LogP contribution in [0.4, 0.5) is 0 Å². The summed E-state index contributed by atoms with van der Waals surface area (Å²) in [5.74, 6) is 0.474. The molecule has 6 heteroatoms. The van der Waals surface area contributed by atoms with E-state index >= 15 is 0 Å². The molecule has 0 bridgehead atoms. The van der Waals surface area contributed by atoms with Crippen molar-refractivity contribution in [2.45, 2.75) is 33.7 Å². The summed E-state index contributed by atoms with van der Waals surface area (Å²) >= 11 is 0. The number of aromatic nitrogens is 2. The fraction of sp³-hybridized carbons (Fsp3) is 0.692. The van der Waals surface area contributed by atoms with Gasteiger partial charge in [-0.15, -0.1) is 0 Å². The third-order valence-corrected chi connectivity index (χ3v) is 3.32. The van der Waals surface area contributed by atoms with Crippen LogP contribution in [0.15, 0.2) is 0 Å². The number of hydrogen-bond donors (Lipinski definition) is 2. The van der Waals surface area contributed by atoms with E-state index in [9.17, 15) is 4.79 Å². The van der Waals surface area contributed by atoms with E-state index < -0.39 is 0 Å². The quantitative estimate of drug-likeness (QED) is 0.790. The van der Waals surface area contributed by atoms with Gasteiger partial charge in [0.15, 0.2) is 12.4 Å². The molecule has 0 aliphatic carbocycles. The molecule has 1 aromatic heterocycles. The Morgan fingerprint density at radius 1 is 1.47 bits per heavy atom. The molecule has 6 nitrogen and oxygen atoms in total. The molecule has 0 aliphatic rings. The van der Waals surface area contributed by atoms with Crippen LogP contribution in [0.1, 0.15) is 25.2 Å². The Morgan fingerprint density at radius 2 is 2.11 bits per heavy atom. The summed E-state index contributed by atoms with van der Waals surface area (Å²) < 4.78 is 7.23. The first-order chi connectivity index (χ1) is 8.86. The van der Waals surface area contributed by atoms with E-state index in [1.165, 1.54) is 0 Å². The molecular formula is C13H23N3O3. The molecule has 0 saturated heterocycles. The van der Waals surface area contributed by atoms with Gasteiger partial charge >= 0.3 is 0 Å². The number of carbonyl (C=O) groups is 1. The average Bonchev–Trinajstić information content (AvgIpc) is 2.60. The maximum Gasteiger partial charge on any atom is 0.258 e. The summed E-state index contributed by atoms with van der Waals surface area (Å²) in [7, 11) is 1.83. The van der Waals surface area contributed by atoms with Crippen molar-refractivity contribution in [3.63, 3.8) is 0 Å². The first kappa shape index (κ1) is 15.5. The fourth-order valence-corrected chi connectivity index (χ4v) is 1.70. The molecule has 0 radical (unpaired) electrons. The second kappa shape index (κ2) is 6.56. The number of carbonyl (C=O) groups excluding carboxylic acids is 1. The van der Waals surface area contributed by atoms with Crippen LogP contribution in [0, 0.1) is 19.8 Å². The Hall–Kier alpha value is -1.56. The van der Waals surface area contributed by atoms with Crippen molar-refractivity contribution in [2.24, 2.45) is 13.0 Å². The monoisotopic (exact) mass is 269 g/mol. The molecule has 19 heavy (non-hydrogen) atoms. The number of nitrogens with zero attached hydrogens (tertiary/aromatic N) is 2. The van der Waals surface area contributed by atoms with Crippen LogP contribution < -0.4 is 10.1 Å². The molecule has 0 fully saturated rings. The number of aryl methyl sites for hydroxylation is 2. The molecule has 2 atom stereocenters. The molecular weight excluding hydrogens is 246 g/mol. The number of hydrogen-bond acceptors (Lipinski definition) is 4. The first-order valence-corrected chi connectivity index (χ1v) is 6.40. The molecule has 108 valence electrons. The maximum absolute atomic E-state index is 11.7. The van der Waals surface area contributed by atoms with Crippen LogP contribution in [0.25, 0.3) is 0 Å². The summed E-state index contributed by atoms with van der Waals surface area (Å²) in [4.78, 5) is 11.7. The topological polar surface area (TPSA) is 76.4 Å². The highest BCUT2D eigenvalue weighted by molar-refractivity contribution is 5.77. The molecule has 0 aromatic carbocycles. The van der Waals surface area contributed by atoms with Gasteiger partial charge in [-0.05, 0) is 26.7 Å². The summed E-state index contributed by atoms with van der Waals surface area (Å²) in [6.45, 7) is 7.47. The van der Waals surface area contributed by atoms with Gasteiger partial charge in [0.05, 0.1) is 5.69 Å². The van der Waals surface area contributed by atoms with E-state index in [-0.39, 0.29) is 31.1 Å². The van der Waals surface area contributed by atoms with E-state index in [2.05, 4.69) is 10.4 Å². The second-order valence-electron chi connectivity index (χ2n) is 4.93. The van der Waals surface area contributed by atoms with E-state index in [0.717, 1.165) is 11.4 Å². The first-order valence-electron chi connectivity index (χ1n) is 6.40. The smallest absolute Gasteiger partial charge is 0.258 e. The molecule has 1 heterocycles. The van der Waals surface area contributed by atoms with E-state index in [1.807, 2.05) is 34.7 Å². The van der Waals surface area contributed by atoms with Crippen LogP contribution in [0.3, 0.4) is 0 Å². The summed E-state index contributed by atoms with van der Waals surface area (Å²) in [5, 5.41) is 16.0. The van der Waals surface area contributed by atoms with Crippen LogP contribution in [0.5, 0.6) is 5.75 Å². The SMILES string of the molecule is Cc1nn(C)c(C)c1OCC(=O)NC(C)C(C)CO. The standard InChI is InChI=1S/C13H23N3O3/c1-8(6-17)9(2)14-12(18)7-19-13-10(3)15-16(5)11(13)4/h8-9,17H,6-7H2,1-5H3,(H,14,18). The van der Waals surface area contributed by atoms with Crippen LogP contribution in [-0.2, 0) is 11.8 Å². The molecule has 2 N–H and O–H groups in total. The second-order valence-corrected chi connectivity index (χ2v) is 4.93. The average molecular weight is 269 g/mol. The van der Waals surface area contributed by atoms with Crippen molar-refractivity contribution < 1.29 is 14.6 Å². The zero-order valence-electron chi connectivity index (χ0n) is 12.2. The lowest BCUT2D eigenvalue weighted by Gasteiger charge is -2.19. The normalized spacial score (nSPS) is 14.0. The van der Waals surface area contributed by atoms with E-state index in [0.29, 0.717) is 5.75 Å². The lowest BCUT2D eigenvalue weighted by molar-refractivity contribution is -0.124. The number of aliphatic hydroxyl groups is 1. The highest BCUT2D eigenvalue weighted by Gasteiger charge is 2.16. The maximum atomic E-state index is 11.7.